The minimum atomic E-state index is 0.116. The summed E-state index contributed by atoms with van der Waals surface area (Å²) in [6.07, 6.45) is 4.98. The Bertz CT molecular complexity index is 878. The van der Waals surface area contributed by atoms with Gasteiger partial charge in [-0.05, 0) is 44.4 Å². The molecule has 0 N–H and O–H groups in total. The van der Waals surface area contributed by atoms with E-state index in [0.29, 0.717) is 13.2 Å². The van der Waals surface area contributed by atoms with Gasteiger partial charge in [0.1, 0.15) is 18.2 Å². The van der Waals surface area contributed by atoms with Crippen LogP contribution in [0.1, 0.15) is 54.0 Å². The molecule has 6 nitrogen and oxygen atoms in total. The molecule has 0 bridgehead atoms. The molecule has 1 aromatic heterocycles. The number of aryl methyl sites for hydroxylation is 2. The van der Waals surface area contributed by atoms with E-state index < -0.39 is 0 Å². The van der Waals surface area contributed by atoms with Crippen LogP contribution in [0.5, 0.6) is 5.75 Å². The fourth-order valence-corrected chi connectivity index (χ4v) is 4.44. The first-order valence-electron chi connectivity index (χ1n) is 10.6. The molecule has 6 heteroatoms. The topological polar surface area (TPSA) is 58.6 Å². The smallest absolute Gasteiger partial charge is 0.219 e. The number of rotatable bonds is 5. The molecule has 2 aliphatic heterocycles. The lowest BCUT2D eigenvalue weighted by atomic mass is 10.1. The minimum Gasteiger partial charge on any atom is -0.492 e. The van der Waals surface area contributed by atoms with Crippen molar-refractivity contribution in [3.8, 4) is 5.75 Å². The number of hydrogen-bond donors (Lipinski definition) is 0. The SMILES string of the molecule is CC(=O)N1CCc2nc([C@@H]3CCCN3CCOc3c(C)cccc3C)ncc2C1. The molecule has 1 fully saturated rings. The summed E-state index contributed by atoms with van der Waals surface area (Å²) in [5.74, 6) is 2.04. The monoisotopic (exact) mass is 394 g/mol. The van der Waals surface area contributed by atoms with Crippen LogP contribution in [0, 0.1) is 13.8 Å². The van der Waals surface area contributed by atoms with E-state index in [0.717, 1.165) is 61.7 Å². The van der Waals surface area contributed by atoms with E-state index in [1.807, 2.05) is 11.1 Å². The summed E-state index contributed by atoms with van der Waals surface area (Å²) in [5.41, 5.74) is 4.55. The number of benzene rings is 1. The lowest BCUT2D eigenvalue weighted by molar-refractivity contribution is -0.129. The Morgan fingerprint density at radius 1 is 1.24 bits per heavy atom. The van der Waals surface area contributed by atoms with E-state index in [4.69, 9.17) is 9.72 Å². The highest BCUT2D eigenvalue weighted by Crippen LogP contribution is 2.31. The van der Waals surface area contributed by atoms with Crippen LogP contribution in [-0.4, -0.2) is 51.9 Å². The van der Waals surface area contributed by atoms with Crippen molar-refractivity contribution in [2.45, 2.75) is 52.6 Å². The summed E-state index contributed by atoms with van der Waals surface area (Å²) < 4.78 is 6.12. The molecule has 1 saturated heterocycles. The molecule has 3 heterocycles. The summed E-state index contributed by atoms with van der Waals surface area (Å²) in [6.45, 7) is 9.78. The van der Waals surface area contributed by atoms with E-state index in [-0.39, 0.29) is 11.9 Å². The average molecular weight is 395 g/mol. The van der Waals surface area contributed by atoms with Gasteiger partial charge in [0.2, 0.25) is 5.91 Å². The van der Waals surface area contributed by atoms with Gasteiger partial charge in [-0.3, -0.25) is 9.69 Å². The van der Waals surface area contributed by atoms with E-state index in [1.54, 1.807) is 6.92 Å². The molecule has 0 aliphatic carbocycles. The maximum atomic E-state index is 11.6. The highest BCUT2D eigenvalue weighted by Gasteiger charge is 2.29. The summed E-state index contributed by atoms with van der Waals surface area (Å²) in [7, 11) is 0. The number of ether oxygens (including phenoxy) is 1. The van der Waals surface area contributed by atoms with E-state index in [9.17, 15) is 4.79 Å². The molecule has 29 heavy (non-hydrogen) atoms. The molecule has 0 unspecified atom stereocenters. The van der Waals surface area contributed by atoms with Crippen LogP contribution < -0.4 is 4.74 Å². The lowest BCUT2D eigenvalue weighted by Crippen LogP contribution is -2.35. The van der Waals surface area contributed by atoms with Gasteiger partial charge in [0, 0.05) is 44.7 Å². The van der Waals surface area contributed by atoms with Gasteiger partial charge in [-0.25, -0.2) is 9.97 Å². The van der Waals surface area contributed by atoms with Crippen molar-refractivity contribution in [1.29, 1.82) is 0 Å². The quantitative estimate of drug-likeness (QED) is 0.779. The van der Waals surface area contributed by atoms with Gasteiger partial charge in [0.05, 0.1) is 11.7 Å². The van der Waals surface area contributed by atoms with Gasteiger partial charge in [0.15, 0.2) is 0 Å². The van der Waals surface area contributed by atoms with Crippen LogP contribution in [0.3, 0.4) is 0 Å². The predicted molar refractivity (Wildman–Crippen MR) is 112 cm³/mol. The predicted octanol–water partition coefficient (Wildman–Crippen LogP) is 3.21. The molecule has 0 saturated carbocycles. The van der Waals surface area contributed by atoms with Gasteiger partial charge in [0.25, 0.3) is 0 Å². The van der Waals surface area contributed by atoms with Gasteiger partial charge >= 0.3 is 0 Å². The standard InChI is InChI=1S/C23H30N4O2/c1-16-6-4-7-17(2)22(16)29-13-12-26-10-5-8-21(26)23-24-14-19-15-27(18(3)28)11-9-20(19)25-23/h4,6-7,14,21H,5,8-13,15H2,1-3H3/t21-/m0/s1. The fraction of sp³-hybridized carbons (Fsp3) is 0.522. The Kier molecular flexibility index (Phi) is 5.81. The van der Waals surface area contributed by atoms with Gasteiger partial charge in [-0.15, -0.1) is 0 Å². The van der Waals surface area contributed by atoms with Gasteiger partial charge in [-0.2, -0.15) is 0 Å². The lowest BCUT2D eigenvalue weighted by Gasteiger charge is -2.28. The zero-order valence-electron chi connectivity index (χ0n) is 17.6. The van der Waals surface area contributed by atoms with Crippen LogP contribution in [0.15, 0.2) is 24.4 Å². The van der Waals surface area contributed by atoms with Crippen LogP contribution in [0.25, 0.3) is 0 Å². The van der Waals surface area contributed by atoms with Gasteiger partial charge in [-0.1, -0.05) is 18.2 Å². The summed E-state index contributed by atoms with van der Waals surface area (Å²) in [6, 6.07) is 6.51. The number of aromatic nitrogens is 2. The third-order valence-corrected chi connectivity index (χ3v) is 6.09. The van der Waals surface area contributed by atoms with E-state index in [1.165, 1.54) is 11.1 Å². The minimum absolute atomic E-state index is 0.116. The van der Waals surface area contributed by atoms with Crippen molar-refractivity contribution in [1.82, 2.24) is 19.8 Å². The highest BCUT2D eigenvalue weighted by atomic mass is 16.5. The number of para-hydroxylation sites is 1. The van der Waals surface area contributed by atoms with Crippen molar-refractivity contribution < 1.29 is 9.53 Å². The maximum Gasteiger partial charge on any atom is 0.219 e. The molecule has 0 radical (unpaired) electrons. The number of hydrogen-bond acceptors (Lipinski definition) is 5. The molecule has 0 spiro atoms. The fourth-order valence-electron chi connectivity index (χ4n) is 4.44. The molecule has 154 valence electrons. The number of carbonyl (C=O) groups is 1. The normalized spacial score (nSPS) is 19.3. The summed E-state index contributed by atoms with van der Waals surface area (Å²) in [4.78, 5) is 25.5. The molecule has 4 rings (SSSR count). The van der Waals surface area contributed by atoms with E-state index in [2.05, 4.69) is 41.9 Å². The van der Waals surface area contributed by atoms with Crippen LogP contribution >= 0.6 is 0 Å². The Balaban J connectivity index is 1.40. The Morgan fingerprint density at radius 2 is 2.03 bits per heavy atom. The van der Waals surface area contributed by atoms with Crippen molar-refractivity contribution in [2.24, 2.45) is 0 Å². The first-order chi connectivity index (χ1) is 14.0. The first-order valence-corrected chi connectivity index (χ1v) is 10.6. The number of likely N-dealkylation sites (tertiary alicyclic amines) is 1. The van der Waals surface area contributed by atoms with Crippen molar-refractivity contribution >= 4 is 5.91 Å². The second kappa shape index (κ2) is 8.49. The molecule has 2 aliphatic rings. The first kappa shape index (κ1) is 19.8. The zero-order chi connectivity index (χ0) is 20.4. The summed E-state index contributed by atoms with van der Waals surface area (Å²) in [5, 5.41) is 0. The largest absolute Gasteiger partial charge is 0.492 e. The molecular weight excluding hydrogens is 364 g/mol. The molecule has 1 aromatic carbocycles. The molecule has 1 atom stereocenters. The van der Waals surface area contributed by atoms with Crippen molar-refractivity contribution in [2.75, 3.05) is 26.2 Å². The molecule has 2 aromatic rings. The third-order valence-electron chi connectivity index (χ3n) is 6.09. The molecular formula is C23H30N4O2. The maximum absolute atomic E-state index is 11.6. The number of nitrogens with zero attached hydrogens (tertiary/aromatic N) is 4. The second-order valence-corrected chi connectivity index (χ2v) is 8.15. The number of fused-ring (bicyclic) bond motifs is 1. The van der Waals surface area contributed by atoms with Gasteiger partial charge < -0.3 is 9.64 Å². The Labute approximate surface area is 172 Å². The average Bonchev–Trinajstić information content (AvgIpc) is 3.18. The highest BCUT2D eigenvalue weighted by molar-refractivity contribution is 5.73. The van der Waals surface area contributed by atoms with Crippen LogP contribution in [-0.2, 0) is 17.8 Å². The summed E-state index contributed by atoms with van der Waals surface area (Å²) >= 11 is 0. The zero-order valence-corrected chi connectivity index (χ0v) is 17.6. The third kappa shape index (κ3) is 4.27. The van der Waals surface area contributed by atoms with Crippen molar-refractivity contribution in [3.05, 3.63) is 52.6 Å². The Hall–Kier alpha value is -2.47. The number of amides is 1. The van der Waals surface area contributed by atoms with Crippen molar-refractivity contribution in [3.63, 3.8) is 0 Å². The second-order valence-electron chi connectivity index (χ2n) is 8.15. The van der Waals surface area contributed by atoms with Crippen LogP contribution in [0.2, 0.25) is 0 Å². The van der Waals surface area contributed by atoms with Crippen LogP contribution in [0.4, 0.5) is 0 Å². The molecule has 1 amide bonds. The van der Waals surface area contributed by atoms with E-state index >= 15 is 0 Å². The number of carbonyl (C=O) groups excluding carboxylic acids is 1. The Morgan fingerprint density at radius 3 is 2.79 bits per heavy atom.